The van der Waals surface area contributed by atoms with Gasteiger partial charge in [0.25, 0.3) is 0 Å². The molecule has 2 aromatic rings. The monoisotopic (exact) mass is 245 g/mol. The number of ether oxygens (including phenoxy) is 1. The third kappa shape index (κ3) is 2.82. The van der Waals surface area contributed by atoms with Crippen molar-refractivity contribution in [2.45, 2.75) is 13.0 Å². The van der Waals surface area contributed by atoms with Gasteiger partial charge in [-0.1, -0.05) is 18.2 Å². The van der Waals surface area contributed by atoms with E-state index >= 15 is 0 Å². The van der Waals surface area contributed by atoms with Crippen LogP contribution in [0, 0.1) is 0 Å². The lowest BCUT2D eigenvalue weighted by Crippen LogP contribution is -2.04. The van der Waals surface area contributed by atoms with Crippen LogP contribution in [0.5, 0.6) is 11.6 Å². The molecule has 0 spiro atoms. The van der Waals surface area contributed by atoms with Gasteiger partial charge in [0.2, 0.25) is 5.88 Å². The van der Waals surface area contributed by atoms with Crippen LogP contribution >= 0.6 is 0 Å². The fourth-order valence-electron chi connectivity index (χ4n) is 1.61. The Kier molecular flexibility index (Phi) is 4.22. The molecule has 0 atom stereocenters. The van der Waals surface area contributed by atoms with Crippen LogP contribution in [0.2, 0.25) is 0 Å². The van der Waals surface area contributed by atoms with Crippen LogP contribution in [-0.2, 0) is 13.0 Å². The molecule has 0 aliphatic rings. The third-order valence-electron chi connectivity index (χ3n) is 2.49. The van der Waals surface area contributed by atoms with Crippen molar-refractivity contribution in [1.29, 1.82) is 0 Å². The number of benzene rings is 1. The van der Waals surface area contributed by atoms with Crippen molar-refractivity contribution in [2.75, 3.05) is 6.61 Å². The minimum absolute atomic E-state index is 0.0740. The lowest BCUT2D eigenvalue weighted by atomic mass is 10.1. The Hall–Kier alpha value is -1.98. The van der Waals surface area contributed by atoms with E-state index in [-0.39, 0.29) is 13.2 Å². The van der Waals surface area contributed by atoms with E-state index in [2.05, 4.69) is 9.97 Å². The highest BCUT2D eigenvalue weighted by Crippen LogP contribution is 2.25. The summed E-state index contributed by atoms with van der Waals surface area (Å²) in [7, 11) is 0. The molecule has 2 rings (SSSR count). The van der Waals surface area contributed by atoms with Crippen molar-refractivity contribution in [1.82, 2.24) is 9.97 Å². The van der Waals surface area contributed by atoms with Gasteiger partial charge in [0, 0.05) is 25.5 Å². The molecule has 0 saturated heterocycles. The Morgan fingerprint density at radius 2 is 1.94 bits per heavy atom. The molecular formula is C13H15N3O2. The molecule has 5 nitrogen and oxygen atoms in total. The largest absolute Gasteiger partial charge is 0.437 e. The predicted octanol–water partition coefficient (Wildman–Crippen LogP) is 1.26. The van der Waals surface area contributed by atoms with Gasteiger partial charge in [-0.05, 0) is 18.1 Å². The van der Waals surface area contributed by atoms with Gasteiger partial charge >= 0.3 is 0 Å². The van der Waals surface area contributed by atoms with Gasteiger partial charge in [-0.15, -0.1) is 0 Å². The molecule has 0 saturated carbocycles. The fourth-order valence-corrected chi connectivity index (χ4v) is 1.61. The van der Waals surface area contributed by atoms with E-state index < -0.39 is 0 Å². The van der Waals surface area contributed by atoms with Crippen molar-refractivity contribution in [3.63, 3.8) is 0 Å². The molecule has 5 heteroatoms. The lowest BCUT2D eigenvalue weighted by Gasteiger charge is -2.11. The van der Waals surface area contributed by atoms with Gasteiger partial charge in [-0.2, -0.15) is 0 Å². The van der Waals surface area contributed by atoms with Crippen LogP contribution in [0.25, 0.3) is 0 Å². The Balaban J connectivity index is 2.28. The standard InChI is InChI=1S/C13H15N3O2/c14-9-11-13(16-7-6-15-11)18-12-4-2-1-3-10(12)5-8-17/h1-4,6-7,17H,5,8-9,14H2. The van der Waals surface area contributed by atoms with Crippen LogP contribution in [0.15, 0.2) is 36.7 Å². The molecule has 0 radical (unpaired) electrons. The molecule has 0 unspecified atom stereocenters. The molecule has 1 heterocycles. The highest BCUT2D eigenvalue weighted by molar-refractivity contribution is 5.37. The highest BCUT2D eigenvalue weighted by Gasteiger charge is 2.08. The van der Waals surface area contributed by atoms with E-state index in [0.29, 0.717) is 23.7 Å². The van der Waals surface area contributed by atoms with Crippen LogP contribution in [-0.4, -0.2) is 21.7 Å². The molecule has 0 bridgehead atoms. The van der Waals surface area contributed by atoms with Crippen LogP contribution in [0.3, 0.4) is 0 Å². The number of hydrogen-bond acceptors (Lipinski definition) is 5. The van der Waals surface area contributed by atoms with Gasteiger partial charge in [0.15, 0.2) is 0 Å². The quantitative estimate of drug-likeness (QED) is 0.828. The van der Waals surface area contributed by atoms with Gasteiger partial charge in [-0.3, -0.25) is 4.98 Å². The summed E-state index contributed by atoms with van der Waals surface area (Å²) in [6.07, 6.45) is 3.67. The molecule has 3 N–H and O–H groups in total. The zero-order chi connectivity index (χ0) is 12.8. The predicted molar refractivity (Wildman–Crippen MR) is 67.2 cm³/mol. The van der Waals surface area contributed by atoms with Gasteiger partial charge in [0.05, 0.1) is 0 Å². The number of nitrogens with zero attached hydrogens (tertiary/aromatic N) is 2. The Labute approximate surface area is 105 Å². The molecular weight excluding hydrogens is 230 g/mol. The normalized spacial score (nSPS) is 10.3. The SMILES string of the molecule is NCc1nccnc1Oc1ccccc1CCO. The Morgan fingerprint density at radius 1 is 1.17 bits per heavy atom. The molecule has 1 aromatic heterocycles. The van der Waals surface area contributed by atoms with E-state index in [9.17, 15) is 0 Å². The summed E-state index contributed by atoms with van der Waals surface area (Å²) >= 11 is 0. The average Bonchev–Trinajstić information content (AvgIpc) is 2.42. The maximum Gasteiger partial charge on any atom is 0.242 e. The summed E-state index contributed by atoms with van der Waals surface area (Å²) < 4.78 is 5.72. The highest BCUT2D eigenvalue weighted by atomic mass is 16.5. The third-order valence-corrected chi connectivity index (χ3v) is 2.49. The first-order valence-corrected chi connectivity index (χ1v) is 5.71. The van der Waals surface area contributed by atoms with Crippen LogP contribution in [0.1, 0.15) is 11.3 Å². The molecule has 0 aliphatic carbocycles. The van der Waals surface area contributed by atoms with E-state index in [0.717, 1.165) is 5.56 Å². The number of para-hydroxylation sites is 1. The summed E-state index contributed by atoms with van der Waals surface area (Å²) in [4.78, 5) is 8.23. The second-order valence-electron chi connectivity index (χ2n) is 3.70. The van der Waals surface area contributed by atoms with Gasteiger partial charge in [-0.25, -0.2) is 4.98 Å². The number of aliphatic hydroxyl groups is 1. The number of aliphatic hydroxyl groups excluding tert-OH is 1. The zero-order valence-electron chi connectivity index (χ0n) is 9.91. The molecule has 0 fully saturated rings. The summed E-state index contributed by atoms with van der Waals surface area (Å²) in [5, 5.41) is 9.01. The minimum Gasteiger partial charge on any atom is -0.437 e. The smallest absolute Gasteiger partial charge is 0.242 e. The zero-order valence-corrected chi connectivity index (χ0v) is 9.91. The minimum atomic E-state index is 0.0740. The van der Waals surface area contributed by atoms with E-state index in [1.54, 1.807) is 12.4 Å². The number of aromatic nitrogens is 2. The maximum absolute atomic E-state index is 9.01. The first-order chi connectivity index (χ1) is 8.85. The molecule has 0 amide bonds. The first kappa shape index (κ1) is 12.5. The van der Waals surface area contributed by atoms with Crippen molar-refractivity contribution < 1.29 is 9.84 Å². The Morgan fingerprint density at radius 3 is 2.72 bits per heavy atom. The van der Waals surface area contributed by atoms with Crippen molar-refractivity contribution in [2.24, 2.45) is 5.73 Å². The maximum atomic E-state index is 9.01. The summed E-state index contributed by atoms with van der Waals surface area (Å²) in [5.74, 6) is 1.08. The number of hydrogen-bond donors (Lipinski definition) is 2. The Bertz CT molecular complexity index is 517. The van der Waals surface area contributed by atoms with E-state index in [1.165, 1.54) is 0 Å². The van der Waals surface area contributed by atoms with Crippen molar-refractivity contribution >= 4 is 0 Å². The topological polar surface area (TPSA) is 81.3 Å². The van der Waals surface area contributed by atoms with Crippen molar-refractivity contribution in [3.05, 3.63) is 47.9 Å². The summed E-state index contributed by atoms with van der Waals surface area (Å²) in [6.45, 7) is 0.343. The fraction of sp³-hybridized carbons (Fsp3) is 0.231. The molecule has 18 heavy (non-hydrogen) atoms. The van der Waals surface area contributed by atoms with Crippen LogP contribution in [0.4, 0.5) is 0 Å². The second-order valence-corrected chi connectivity index (χ2v) is 3.70. The number of rotatable bonds is 5. The van der Waals surface area contributed by atoms with E-state index in [1.807, 2.05) is 24.3 Å². The summed E-state index contributed by atoms with van der Waals surface area (Å²) in [6, 6.07) is 7.51. The van der Waals surface area contributed by atoms with E-state index in [4.69, 9.17) is 15.6 Å². The first-order valence-electron chi connectivity index (χ1n) is 5.71. The molecule has 94 valence electrons. The average molecular weight is 245 g/mol. The molecule has 1 aromatic carbocycles. The van der Waals surface area contributed by atoms with Gasteiger partial charge < -0.3 is 15.6 Å². The van der Waals surface area contributed by atoms with Crippen LogP contribution < -0.4 is 10.5 Å². The van der Waals surface area contributed by atoms with Gasteiger partial charge in [0.1, 0.15) is 11.4 Å². The summed E-state index contributed by atoms with van der Waals surface area (Å²) in [5.41, 5.74) is 7.11. The molecule has 0 aliphatic heterocycles. The number of nitrogens with two attached hydrogens (primary N) is 1. The lowest BCUT2D eigenvalue weighted by molar-refractivity contribution is 0.297. The van der Waals surface area contributed by atoms with Crippen molar-refractivity contribution in [3.8, 4) is 11.6 Å². The second kappa shape index (κ2) is 6.09.